The van der Waals surface area contributed by atoms with Gasteiger partial charge in [0.25, 0.3) is 5.91 Å². The number of aliphatic carboxylic acids is 1. The van der Waals surface area contributed by atoms with E-state index in [2.05, 4.69) is 20.2 Å². The molecule has 1 saturated heterocycles. The van der Waals surface area contributed by atoms with Crippen molar-refractivity contribution in [3.05, 3.63) is 41.9 Å². The monoisotopic (exact) mass is 789 g/mol. The quantitative estimate of drug-likeness (QED) is 0.187. The van der Waals surface area contributed by atoms with Crippen molar-refractivity contribution in [2.24, 2.45) is 23.7 Å². The lowest BCUT2D eigenvalue weighted by Crippen LogP contribution is -2.41. The molecule has 2 aromatic heterocycles. The number of nitrogens with zero attached hydrogens (tertiary/aromatic N) is 4. The van der Waals surface area contributed by atoms with Crippen LogP contribution in [-0.4, -0.2) is 80.3 Å². The van der Waals surface area contributed by atoms with Crippen molar-refractivity contribution in [2.75, 3.05) is 26.2 Å². The van der Waals surface area contributed by atoms with Crippen molar-refractivity contribution in [1.29, 1.82) is 0 Å². The lowest BCUT2D eigenvalue weighted by Gasteiger charge is -2.42. The highest BCUT2D eigenvalue weighted by atomic mass is 19.4. The largest absolute Gasteiger partial charge is 0.490 e. The first-order valence-electron chi connectivity index (χ1n) is 20.1. The van der Waals surface area contributed by atoms with E-state index >= 15 is 0 Å². The van der Waals surface area contributed by atoms with Crippen molar-refractivity contribution >= 4 is 22.8 Å². The van der Waals surface area contributed by atoms with Crippen molar-refractivity contribution in [2.45, 2.75) is 120 Å². The molecule has 304 valence electrons. The Bertz CT molecular complexity index is 1920. The maximum absolute atomic E-state index is 14.6. The van der Waals surface area contributed by atoms with E-state index in [-0.39, 0.29) is 74.0 Å². The number of benzene rings is 1. The maximum Gasteiger partial charge on any atom is 0.434 e. The minimum atomic E-state index is -4.97. The lowest BCUT2D eigenvalue weighted by molar-refractivity contribution is -0.141. The predicted octanol–water partition coefficient (Wildman–Crippen LogP) is 8.86. The average Bonchev–Trinajstić information content (AvgIpc) is 3.75. The Morgan fingerprint density at radius 2 is 1.61 bits per heavy atom. The molecule has 2 N–H and O–H groups in total. The standard InChI is InChI=1S/C41H49F6N5O4/c42-39(9-10-39)23-51-11-5-29(6-12-51)56-30-1-2-31-33(22-52(34(31)19-30)28-3-7-40(43,44)8-4-28)37-48-21-32(36(50-37)41(45,46)47)38(55)49-20-27-16-24-13-25(17-27)15-26(14-24)18-35(53)54/h1-2,19,21-22,24-29H,3-18,20,23H2,(H,49,55)(H,53,54). The van der Waals surface area contributed by atoms with Gasteiger partial charge in [0.15, 0.2) is 11.5 Å². The molecule has 4 aliphatic carbocycles. The predicted molar refractivity (Wildman–Crippen MR) is 195 cm³/mol. The van der Waals surface area contributed by atoms with Crippen LogP contribution in [0.15, 0.2) is 30.6 Å². The second-order valence-corrected chi connectivity index (χ2v) is 17.4. The molecule has 5 fully saturated rings. The fourth-order valence-corrected chi connectivity index (χ4v) is 10.1. The number of ether oxygens (including phenoxy) is 1. The van der Waals surface area contributed by atoms with Crippen LogP contribution in [0.3, 0.4) is 0 Å². The molecular formula is C41H49F6N5O4. The highest BCUT2D eigenvalue weighted by Gasteiger charge is 2.45. The zero-order chi connectivity index (χ0) is 39.4. The Kier molecular flexibility index (Phi) is 10.5. The van der Waals surface area contributed by atoms with Gasteiger partial charge in [0.1, 0.15) is 17.5 Å². The molecule has 3 heterocycles. The number of halogens is 6. The second-order valence-electron chi connectivity index (χ2n) is 17.4. The third-order valence-corrected chi connectivity index (χ3v) is 12.9. The van der Waals surface area contributed by atoms with Gasteiger partial charge in [0, 0.05) is 80.9 Å². The number of rotatable bonds is 11. The number of hydrogen-bond donors (Lipinski definition) is 2. The third-order valence-electron chi connectivity index (χ3n) is 12.9. The van der Waals surface area contributed by atoms with E-state index in [0.29, 0.717) is 73.8 Å². The highest BCUT2D eigenvalue weighted by molar-refractivity contribution is 5.97. The number of piperidine rings is 1. The van der Waals surface area contributed by atoms with Crippen LogP contribution in [0.25, 0.3) is 22.3 Å². The summed E-state index contributed by atoms with van der Waals surface area (Å²) in [7, 11) is 0. The number of alkyl halides is 6. The van der Waals surface area contributed by atoms with Gasteiger partial charge in [-0.15, -0.1) is 0 Å². The zero-order valence-corrected chi connectivity index (χ0v) is 31.3. The maximum atomic E-state index is 14.6. The molecule has 2 unspecified atom stereocenters. The molecule has 9 nitrogen and oxygen atoms in total. The second kappa shape index (κ2) is 15.1. The molecule has 56 heavy (non-hydrogen) atoms. The summed E-state index contributed by atoms with van der Waals surface area (Å²) in [6, 6.07) is 4.91. The average molecular weight is 790 g/mol. The van der Waals surface area contributed by atoms with Gasteiger partial charge in [-0.25, -0.2) is 23.1 Å². The van der Waals surface area contributed by atoms with Crippen molar-refractivity contribution < 1.29 is 45.8 Å². The van der Waals surface area contributed by atoms with Gasteiger partial charge in [-0.2, -0.15) is 13.2 Å². The van der Waals surface area contributed by atoms with E-state index < -0.39 is 40.9 Å². The van der Waals surface area contributed by atoms with Gasteiger partial charge >= 0.3 is 12.1 Å². The van der Waals surface area contributed by atoms with Gasteiger partial charge < -0.3 is 19.7 Å². The number of carbonyl (C=O) groups is 2. The van der Waals surface area contributed by atoms with Crippen LogP contribution in [0.4, 0.5) is 26.3 Å². The summed E-state index contributed by atoms with van der Waals surface area (Å²) in [6.07, 6.45) is 4.14. The first-order chi connectivity index (χ1) is 26.6. The molecule has 2 bridgehead atoms. The number of aromatic nitrogens is 3. The molecule has 1 amide bonds. The summed E-state index contributed by atoms with van der Waals surface area (Å²) in [5, 5.41) is 12.5. The number of fused-ring (bicyclic) bond motifs is 3. The molecule has 1 aliphatic heterocycles. The summed E-state index contributed by atoms with van der Waals surface area (Å²) in [5.41, 5.74) is -2.22. The van der Waals surface area contributed by atoms with E-state index in [4.69, 9.17) is 4.74 Å². The Morgan fingerprint density at radius 1 is 0.929 bits per heavy atom. The topological polar surface area (TPSA) is 110 Å². The first kappa shape index (κ1) is 39.0. The zero-order valence-electron chi connectivity index (χ0n) is 31.3. The molecular weight excluding hydrogens is 740 g/mol. The SMILES string of the molecule is O=C(O)CC1CC2CC(CNC(=O)c3cnc(-c4cn(C5CCC(F)(F)CC5)c5cc(OC6CCN(CC7(F)CC7)CC6)ccc45)nc3C(F)(F)F)CC(C1)C2. The summed E-state index contributed by atoms with van der Waals surface area (Å²) < 4.78 is 94.8. The Morgan fingerprint density at radius 3 is 2.25 bits per heavy atom. The van der Waals surface area contributed by atoms with Crippen LogP contribution < -0.4 is 10.1 Å². The van der Waals surface area contributed by atoms with E-state index in [0.717, 1.165) is 38.3 Å². The minimum Gasteiger partial charge on any atom is -0.490 e. The lowest BCUT2D eigenvalue weighted by atomic mass is 9.64. The van der Waals surface area contributed by atoms with Gasteiger partial charge in [-0.3, -0.25) is 14.5 Å². The third kappa shape index (κ3) is 8.82. The van der Waals surface area contributed by atoms with Crippen LogP contribution in [0.2, 0.25) is 0 Å². The number of carboxylic acids is 1. The highest BCUT2D eigenvalue weighted by Crippen LogP contribution is 2.47. The summed E-state index contributed by atoms with van der Waals surface area (Å²) in [5.74, 6) is -3.34. The van der Waals surface area contributed by atoms with Crippen molar-refractivity contribution in [1.82, 2.24) is 24.8 Å². The Balaban J connectivity index is 1.01. The van der Waals surface area contributed by atoms with Crippen LogP contribution in [-0.2, 0) is 11.0 Å². The number of carboxylic acid groups (broad SMARTS) is 1. The Labute approximate surface area is 321 Å². The van der Waals surface area contributed by atoms with Gasteiger partial charge in [-0.1, -0.05) is 0 Å². The Hall–Kier alpha value is -3.88. The minimum absolute atomic E-state index is 0.0757. The van der Waals surface area contributed by atoms with Gasteiger partial charge in [0.2, 0.25) is 5.92 Å². The van der Waals surface area contributed by atoms with E-state index in [1.54, 1.807) is 24.4 Å². The van der Waals surface area contributed by atoms with Crippen LogP contribution in [0, 0.1) is 23.7 Å². The van der Waals surface area contributed by atoms with Crippen LogP contribution >= 0.6 is 0 Å². The van der Waals surface area contributed by atoms with Gasteiger partial charge in [0.05, 0.1) is 11.1 Å². The van der Waals surface area contributed by atoms with Gasteiger partial charge in [-0.05, 0) is 106 Å². The number of likely N-dealkylation sites (tertiary alicyclic amines) is 1. The normalized spacial score (nSPS) is 26.9. The summed E-state index contributed by atoms with van der Waals surface area (Å²) in [4.78, 5) is 34.9. The fourth-order valence-electron chi connectivity index (χ4n) is 10.1. The molecule has 5 aliphatic rings. The number of carbonyl (C=O) groups excluding carboxylic acids is 1. The first-order valence-corrected chi connectivity index (χ1v) is 20.1. The van der Waals surface area contributed by atoms with E-state index in [1.807, 2.05) is 4.57 Å². The van der Waals surface area contributed by atoms with E-state index in [1.165, 1.54) is 0 Å². The molecule has 0 radical (unpaired) electrons. The van der Waals surface area contributed by atoms with Crippen molar-refractivity contribution in [3.63, 3.8) is 0 Å². The molecule has 8 rings (SSSR count). The molecule has 0 spiro atoms. The molecule has 1 aromatic carbocycles. The molecule has 3 aromatic rings. The van der Waals surface area contributed by atoms with Crippen LogP contribution in [0.1, 0.15) is 112 Å². The van der Waals surface area contributed by atoms with Crippen molar-refractivity contribution in [3.8, 4) is 17.1 Å². The van der Waals surface area contributed by atoms with E-state index in [9.17, 15) is 41.0 Å². The smallest absolute Gasteiger partial charge is 0.434 e. The van der Waals surface area contributed by atoms with Crippen LogP contribution in [0.5, 0.6) is 5.75 Å². The molecule has 2 atom stereocenters. The number of nitrogens with one attached hydrogen (secondary N) is 1. The number of amides is 1. The molecule has 4 saturated carbocycles. The fraction of sp³-hybridized carbons (Fsp3) is 0.659. The number of hydrogen-bond acceptors (Lipinski definition) is 6. The summed E-state index contributed by atoms with van der Waals surface area (Å²) in [6.45, 7) is 2.05. The molecule has 15 heteroatoms. The summed E-state index contributed by atoms with van der Waals surface area (Å²) >= 11 is 0.